The van der Waals surface area contributed by atoms with E-state index in [9.17, 15) is 4.39 Å². The van der Waals surface area contributed by atoms with Crippen LogP contribution in [-0.2, 0) is 19.4 Å². The molecule has 0 saturated carbocycles. The molecule has 2 aromatic carbocycles. The summed E-state index contributed by atoms with van der Waals surface area (Å²) in [5, 5.41) is 8.35. The first-order chi connectivity index (χ1) is 11.8. The zero-order chi connectivity index (χ0) is 16.4. The van der Waals surface area contributed by atoms with Crippen LogP contribution in [0.1, 0.15) is 16.8 Å². The monoisotopic (exact) mass is 321 g/mol. The van der Waals surface area contributed by atoms with Crippen molar-refractivity contribution in [2.24, 2.45) is 0 Å². The molecule has 0 unspecified atom stereocenters. The van der Waals surface area contributed by atoms with Gasteiger partial charge in [-0.3, -0.25) is 4.68 Å². The van der Waals surface area contributed by atoms with Crippen molar-refractivity contribution in [1.82, 2.24) is 15.1 Å². The molecule has 0 aliphatic carbocycles. The highest BCUT2D eigenvalue weighted by Gasteiger charge is 2.20. The maximum atomic E-state index is 13.3. The summed E-state index contributed by atoms with van der Waals surface area (Å²) >= 11 is 0. The number of hydrogen-bond donors (Lipinski definition) is 1. The van der Waals surface area contributed by atoms with E-state index in [4.69, 9.17) is 5.10 Å². The van der Waals surface area contributed by atoms with Gasteiger partial charge in [-0.05, 0) is 42.8 Å². The number of nitrogens with zero attached hydrogens (tertiary/aromatic N) is 2. The lowest BCUT2D eigenvalue weighted by atomic mass is 10.0. The number of hydrogen-bond acceptors (Lipinski definition) is 2. The Bertz CT molecular complexity index is 822. The molecule has 4 heteroatoms. The van der Waals surface area contributed by atoms with Gasteiger partial charge in [0.25, 0.3) is 0 Å². The maximum absolute atomic E-state index is 13.3. The summed E-state index contributed by atoms with van der Waals surface area (Å²) in [6.45, 7) is 2.69. The van der Waals surface area contributed by atoms with Gasteiger partial charge >= 0.3 is 0 Å². The van der Waals surface area contributed by atoms with Gasteiger partial charge in [0, 0.05) is 29.8 Å². The summed E-state index contributed by atoms with van der Waals surface area (Å²) in [6.07, 6.45) is 1.92. The molecular weight excluding hydrogens is 301 g/mol. The first kappa shape index (κ1) is 15.1. The van der Waals surface area contributed by atoms with Crippen LogP contribution in [0, 0.1) is 5.82 Å². The zero-order valence-corrected chi connectivity index (χ0v) is 13.5. The van der Waals surface area contributed by atoms with E-state index in [0.717, 1.165) is 43.7 Å². The number of fused-ring (bicyclic) bond motifs is 1. The van der Waals surface area contributed by atoms with Crippen molar-refractivity contribution in [3.8, 4) is 11.3 Å². The Morgan fingerprint density at radius 3 is 2.50 bits per heavy atom. The van der Waals surface area contributed by atoms with Crippen LogP contribution in [-0.4, -0.2) is 22.9 Å². The molecule has 0 radical (unpaired) electrons. The fraction of sp³-hybridized carbons (Fsp3) is 0.250. The van der Waals surface area contributed by atoms with Gasteiger partial charge in [-0.25, -0.2) is 4.39 Å². The Balaban J connectivity index is 1.78. The summed E-state index contributed by atoms with van der Waals surface area (Å²) in [4.78, 5) is 0. The van der Waals surface area contributed by atoms with E-state index in [1.54, 1.807) is 0 Å². The van der Waals surface area contributed by atoms with Gasteiger partial charge in [-0.2, -0.15) is 5.10 Å². The topological polar surface area (TPSA) is 29.9 Å². The smallest absolute Gasteiger partial charge is 0.123 e. The predicted octanol–water partition coefficient (Wildman–Crippen LogP) is 3.43. The molecule has 1 aliphatic heterocycles. The van der Waals surface area contributed by atoms with Crippen LogP contribution in [0.3, 0.4) is 0 Å². The summed E-state index contributed by atoms with van der Waals surface area (Å²) in [7, 11) is 0. The molecule has 24 heavy (non-hydrogen) atoms. The van der Waals surface area contributed by atoms with E-state index >= 15 is 0 Å². The van der Waals surface area contributed by atoms with Gasteiger partial charge in [0.1, 0.15) is 5.82 Å². The van der Waals surface area contributed by atoms with Crippen molar-refractivity contribution in [2.75, 3.05) is 13.1 Å². The van der Waals surface area contributed by atoms with Gasteiger partial charge in [0.2, 0.25) is 0 Å². The van der Waals surface area contributed by atoms with Gasteiger partial charge in [-0.15, -0.1) is 0 Å². The second kappa shape index (κ2) is 6.57. The summed E-state index contributed by atoms with van der Waals surface area (Å²) in [5.74, 6) is -0.213. The molecule has 0 amide bonds. The fourth-order valence-corrected chi connectivity index (χ4v) is 3.35. The second-order valence-corrected chi connectivity index (χ2v) is 6.17. The van der Waals surface area contributed by atoms with Crippen molar-refractivity contribution < 1.29 is 4.39 Å². The summed E-state index contributed by atoms with van der Waals surface area (Å²) in [5.41, 5.74) is 5.81. The summed E-state index contributed by atoms with van der Waals surface area (Å²) < 4.78 is 15.4. The van der Waals surface area contributed by atoms with Crippen LogP contribution in [0.4, 0.5) is 4.39 Å². The van der Waals surface area contributed by atoms with E-state index in [0.29, 0.717) is 0 Å². The molecule has 0 bridgehead atoms. The lowest BCUT2D eigenvalue weighted by Gasteiger charge is -2.07. The average molecular weight is 321 g/mol. The molecule has 3 nitrogen and oxygen atoms in total. The molecule has 1 N–H and O–H groups in total. The van der Waals surface area contributed by atoms with Crippen molar-refractivity contribution in [2.45, 2.75) is 19.4 Å². The Labute approximate surface area is 141 Å². The second-order valence-electron chi connectivity index (χ2n) is 6.17. The SMILES string of the molecule is Fc1ccc(-c2nn(Cc3ccccc3)c3c2CCNCC3)cc1. The Morgan fingerprint density at radius 2 is 1.71 bits per heavy atom. The Morgan fingerprint density at radius 1 is 0.958 bits per heavy atom. The van der Waals surface area contributed by atoms with E-state index < -0.39 is 0 Å². The van der Waals surface area contributed by atoms with Crippen molar-refractivity contribution in [3.05, 3.63) is 77.2 Å². The van der Waals surface area contributed by atoms with E-state index in [1.165, 1.54) is 29.0 Å². The molecule has 0 fully saturated rings. The highest BCUT2D eigenvalue weighted by Crippen LogP contribution is 2.28. The van der Waals surface area contributed by atoms with E-state index in [1.807, 2.05) is 18.2 Å². The maximum Gasteiger partial charge on any atom is 0.123 e. The number of benzene rings is 2. The first-order valence-corrected chi connectivity index (χ1v) is 8.40. The molecular formula is C20H20FN3. The van der Waals surface area contributed by atoms with Crippen LogP contribution in [0.2, 0.25) is 0 Å². The first-order valence-electron chi connectivity index (χ1n) is 8.40. The van der Waals surface area contributed by atoms with E-state index in [2.05, 4.69) is 34.3 Å². The van der Waals surface area contributed by atoms with Crippen LogP contribution in [0.15, 0.2) is 54.6 Å². The predicted molar refractivity (Wildman–Crippen MR) is 93.4 cm³/mol. The minimum Gasteiger partial charge on any atom is -0.316 e. The van der Waals surface area contributed by atoms with Gasteiger partial charge < -0.3 is 5.32 Å². The van der Waals surface area contributed by atoms with Crippen LogP contribution < -0.4 is 5.32 Å². The number of rotatable bonds is 3. The number of halogens is 1. The standard InChI is InChI=1S/C20H20FN3/c21-17-8-6-16(7-9-17)20-18-10-12-22-13-11-19(18)24(23-20)14-15-4-2-1-3-5-15/h1-9,22H,10-14H2. The number of nitrogens with one attached hydrogen (secondary N) is 1. The largest absolute Gasteiger partial charge is 0.316 e. The van der Waals surface area contributed by atoms with Crippen molar-refractivity contribution >= 4 is 0 Å². The molecule has 1 aromatic heterocycles. The average Bonchev–Trinajstić information content (AvgIpc) is 2.79. The molecule has 2 heterocycles. The van der Waals surface area contributed by atoms with Crippen LogP contribution in [0.25, 0.3) is 11.3 Å². The highest BCUT2D eigenvalue weighted by molar-refractivity contribution is 5.64. The highest BCUT2D eigenvalue weighted by atomic mass is 19.1. The quantitative estimate of drug-likeness (QED) is 0.801. The molecule has 3 aromatic rings. The third-order valence-electron chi connectivity index (χ3n) is 4.55. The van der Waals surface area contributed by atoms with Crippen molar-refractivity contribution in [3.63, 3.8) is 0 Å². The Hall–Kier alpha value is -2.46. The third-order valence-corrected chi connectivity index (χ3v) is 4.55. The van der Waals surface area contributed by atoms with Crippen molar-refractivity contribution in [1.29, 1.82) is 0 Å². The fourth-order valence-electron chi connectivity index (χ4n) is 3.35. The normalized spacial score (nSPS) is 14.2. The molecule has 0 saturated heterocycles. The van der Waals surface area contributed by atoms with Gasteiger partial charge in [-0.1, -0.05) is 30.3 Å². The van der Waals surface area contributed by atoms with Crippen LogP contribution in [0.5, 0.6) is 0 Å². The lowest BCUT2D eigenvalue weighted by Crippen LogP contribution is -2.17. The molecule has 0 spiro atoms. The summed E-state index contributed by atoms with van der Waals surface area (Å²) in [6, 6.07) is 17.0. The number of aromatic nitrogens is 2. The van der Waals surface area contributed by atoms with Crippen LogP contribution >= 0.6 is 0 Å². The minimum absolute atomic E-state index is 0.213. The molecule has 122 valence electrons. The zero-order valence-electron chi connectivity index (χ0n) is 13.5. The Kier molecular flexibility index (Phi) is 4.13. The van der Waals surface area contributed by atoms with E-state index in [-0.39, 0.29) is 5.82 Å². The third kappa shape index (κ3) is 2.97. The van der Waals surface area contributed by atoms with Gasteiger partial charge in [0.15, 0.2) is 0 Å². The molecule has 0 atom stereocenters. The molecule has 1 aliphatic rings. The molecule has 4 rings (SSSR count). The van der Waals surface area contributed by atoms with Gasteiger partial charge in [0.05, 0.1) is 12.2 Å². The lowest BCUT2D eigenvalue weighted by molar-refractivity contribution is 0.626. The minimum atomic E-state index is -0.213.